The van der Waals surface area contributed by atoms with Crippen LogP contribution in [0.25, 0.3) is 0 Å². The molecule has 21 heavy (non-hydrogen) atoms. The van der Waals surface area contributed by atoms with E-state index in [4.69, 9.17) is 9.72 Å². The summed E-state index contributed by atoms with van der Waals surface area (Å²) in [5, 5.41) is 4.62. The van der Waals surface area contributed by atoms with E-state index in [-0.39, 0.29) is 0 Å². The number of anilines is 1. The summed E-state index contributed by atoms with van der Waals surface area (Å²) in [6.07, 6.45) is 5.05. The molecule has 0 aliphatic carbocycles. The fraction of sp³-hybridized carbons (Fsp3) is 0.812. The summed E-state index contributed by atoms with van der Waals surface area (Å²) in [4.78, 5) is 8.46. The fourth-order valence-electron chi connectivity index (χ4n) is 2.58. The smallest absolute Gasteiger partial charge is 0.185 e. The van der Waals surface area contributed by atoms with Gasteiger partial charge in [0.25, 0.3) is 0 Å². The van der Waals surface area contributed by atoms with E-state index in [1.54, 1.807) is 0 Å². The summed E-state index contributed by atoms with van der Waals surface area (Å²) in [5.74, 6) is 0. The fourth-order valence-corrected chi connectivity index (χ4v) is 3.65. The topological polar surface area (TPSA) is 37.4 Å². The van der Waals surface area contributed by atoms with E-state index in [1.165, 1.54) is 29.8 Å². The third kappa shape index (κ3) is 4.94. The number of likely N-dealkylation sites (N-methyl/N-ethyl adjacent to an activating group) is 1. The van der Waals surface area contributed by atoms with Crippen molar-refractivity contribution in [3.63, 3.8) is 0 Å². The van der Waals surface area contributed by atoms with Gasteiger partial charge in [-0.15, -0.1) is 11.3 Å². The van der Waals surface area contributed by atoms with Crippen molar-refractivity contribution in [3.8, 4) is 0 Å². The Hall–Kier alpha value is -0.650. The van der Waals surface area contributed by atoms with Crippen molar-refractivity contribution in [2.75, 3.05) is 25.1 Å². The zero-order valence-electron chi connectivity index (χ0n) is 13.8. The van der Waals surface area contributed by atoms with Gasteiger partial charge in [0.1, 0.15) is 0 Å². The zero-order chi connectivity index (χ0) is 15.2. The van der Waals surface area contributed by atoms with Crippen molar-refractivity contribution in [2.45, 2.75) is 65.1 Å². The highest BCUT2D eigenvalue weighted by molar-refractivity contribution is 7.15. The van der Waals surface area contributed by atoms with E-state index in [0.29, 0.717) is 12.1 Å². The Bertz CT molecular complexity index is 427. The molecule has 1 unspecified atom stereocenters. The van der Waals surface area contributed by atoms with Gasteiger partial charge in [-0.25, -0.2) is 4.98 Å². The Balaban J connectivity index is 1.97. The van der Waals surface area contributed by atoms with Crippen LogP contribution in [0, 0.1) is 0 Å². The van der Waals surface area contributed by atoms with Gasteiger partial charge in [-0.2, -0.15) is 0 Å². The molecule has 1 aliphatic rings. The molecule has 0 spiro atoms. The first kappa shape index (κ1) is 16.7. The lowest BCUT2D eigenvalue weighted by atomic mass is 10.1. The maximum atomic E-state index is 5.84. The van der Waals surface area contributed by atoms with Gasteiger partial charge in [-0.1, -0.05) is 20.8 Å². The lowest BCUT2D eigenvalue weighted by molar-refractivity contribution is 0.0216. The lowest BCUT2D eigenvalue weighted by Gasteiger charge is -2.27. The molecule has 2 rings (SSSR count). The first-order chi connectivity index (χ1) is 10.1. The summed E-state index contributed by atoms with van der Waals surface area (Å²) in [6.45, 7) is 9.34. The molecule has 2 heterocycles. The number of aromatic nitrogens is 1. The molecule has 0 saturated carbocycles. The van der Waals surface area contributed by atoms with Gasteiger partial charge < -0.3 is 15.0 Å². The zero-order valence-corrected chi connectivity index (χ0v) is 14.6. The van der Waals surface area contributed by atoms with Crippen LogP contribution in [0.5, 0.6) is 0 Å². The number of ether oxygens (including phenoxy) is 1. The van der Waals surface area contributed by atoms with Crippen LogP contribution in [-0.4, -0.2) is 37.3 Å². The molecule has 5 heteroatoms. The molecule has 1 saturated heterocycles. The van der Waals surface area contributed by atoms with E-state index in [9.17, 15) is 0 Å². The highest BCUT2D eigenvalue weighted by Gasteiger charge is 2.19. The van der Waals surface area contributed by atoms with E-state index < -0.39 is 0 Å². The summed E-state index contributed by atoms with van der Waals surface area (Å²) >= 11 is 1.82. The molecule has 1 aliphatic heterocycles. The lowest BCUT2D eigenvalue weighted by Crippen LogP contribution is -2.33. The predicted octanol–water partition coefficient (Wildman–Crippen LogP) is 3.21. The van der Waals surface area contributed by atoms with Crippen molar-refractivity contribution < 1.29 is 4.74 Å². The maximum Gasteiger partial charge on any atom is 0.185 e. The maximum absolute atomic E-state index is 5.84. The van der Waals surface area contributed by atoms with Gasteiger partial charge in [-0.3, -0.25) is 0 Å². The van der Waals surface area contributed by atoms with Crippen LogP contribution in [0.2, 0.25) is 0 Å². The first-order valence-electron chi connectivity index (χ1n) is 8.14. The summed E-state index contributed by atoms with van der Waals surface area (Å²) < 4.78 is 5.84. The minimum Gasteiger partial charge on any atom is -0.376 e. The van der Waals surface area contributed by atoms with Gasteiger partial charge in [-0.05, 0) is 25.7 Å². The average Bonchev–Trinajstić information content (AvgIpc) is 2.89. The van der Waals surface area contributed by atoms with Gasteiger partial charge in [0.15, 0.2) is 5.13 Å². The largest absolute Gasteiger partial charge is 0.376 e. The van der Waals surface area contributed by atoms with E-state index in [2.05, 4.69) is 38.0 Å². The molecule has 120 valence electrons. The van der Waals surface area contributed by atoms with Crippen molar-refractivity contribution >= 4 is 16.5 Å². The van der Waals surface area contributed by atoms with Crippen LogP contribution in [0.3, 0.4) is 0 Å². The monoisotopic (exact) mass is 311 g/mol. The third-order valence-corrected chi connectivity index (χ3v) is 5.06. The Labute approximate surface area is 132 Å². The molecular formula is C16H29N3OS. The second-order valence-electron chi connectivity index (χ2n) is 6.12. The van der Waals surface area contributed by atoms with Crippen molar-refractivity contribution in [1.82, 2.24) is 10.3 Å². The van der Waals surface area contributed by atoms with E-state index >= 15 is 0 Å². The van der Waals surface area contributed by atoms with Crippen LogP contribution in [0.4, 0.5) is 5.13 Å². The normalized spacial score (nSPS) is 19.2. The third-order valence-electron chi connectivity index (χ3n) is 3.85. The first-order valence-corrected chi connectivity index (χ1v) is 8.96. The molecule has 1 atom stereocenters. The van der Waals surface area contributed by atoms with Crippen molar-refractivity contribution in [3.05, 3.63) is 10.6 Å². The molecule has 1 aromatic heterocycles. The van der Waals surface area contributed by atoms with Crippen LogP contribution in [0.1, 0.15) is 50.6 Å². The predicted molar refractivity (Wildman–Crippen MR) is 90.3 cm³/mol. The molecule has 4 nitrogen and oxygen atoms in total. The van der Waals surface area contributed by atoms with E-state index in [1.807, 2.05) is 11.3 Å². The molecule has 0 aromatic carbocycles. The Morgan fingerprint density at radius 1 is 1.43 bits per heavy atom. The van der Waals surface area contributed by atoms with Gasteiger partial charge in [0, 0.05) is 37.7 Å². The second-order valence-corrected chi connectivity index (χ2v) is 7.19. The SMILES string of the molecule is CCc1nc(N(C)CC2CCCCO2)sc1CNC(C)C. The van der Waals surface area contributed by atoms with Crippen molar-refractivity contribution in [1.29, 1.82) is 0 Å². The number of rotatable bonds is 7. The summed E-state index contributed by atoms with van der Waals surface area (Å²) in [5.41, 5.74) is 1.24. The molecule has 1 N–H and O–H groups in total. The highest BCUT2D eigenvalue weighted by atomic mass is 32.1. The summed E-state index contributed by atoms with van der Waals surface area (Å²) in [7, 11) is 2.13. The molecular weight excluding hydrogens is 282 g/mol. The van der Waals surface area contributed by atoms with Gasteiger partial charge >= 0.3 is 0 Å². The number of hydrogen-bond acceptors (Lipinski definition) is 5. The van der Waals surface area contributed by atoms with Crippen LogP contribution >= 0.6 is 11.3 Å². The Morgan fingerprint density at radius 3 is 2.86 bits per heavy atom. The molecule has 1 aromatic rings. The standard InChI is InChI=1S/C16H29N3OS/c1-5-14-15(10-17-12(2)3)21-16(18-14)19(4)11-13-8-6-7-9-20-13/h12-13,17H,5-11H2,1-4H3. The van der Waals surface area contributed by atoms with Crippen LogP contribution in [-0.2, 0) is 17.7 Å². The van der Waals surface area contributed by atoms with Crippen LogP contribution in [0.15, 0.2) is 0 Å². The van der Waals surface area contributed by atoms with E-state index in [0.717, 1.165) is 31.2 Å². The number of thiazole rings is 1. The van der Waals surface area contributed by atoms with Crippen molar-refractivity contribution in [2.24, 2.45) is 0 Å². The van der Waals surface area contributed by atoms with Gasteiger partial charge in [0.05, 0.1) is 11.8 Å². The number of nitrogens with one attached hydrogen (secondary N) is 1. The average molecular weight is 311 g/mol. The molecule has 1 fully saturated rings. The van der Waals surface area contributed by atoms with Gasteiger partial charge in [0.2, 0.25) is 0 Å². The van der Waals surface area contributed by atoms with Crippen LogP contribution < -0.4 is 10.2 Å². The minimum atomic E-state index is 0.370. The molecule has 0 radical (unpaired) electrons. The molecule has 0 bridgehead atoms. The second kappa shape index (κ2) is 8.11. The number of hydrogen-bond donors (Lipinski definition) is 1. The quantitative estimate of drug-likeness (QED) is 0.839. The summed E-state index contributed by atoms with van der Waals surface area (Å²) in [6, 6.07) is 0.508. The Kier molecular flexibility index (Phi) is 6.45. The molecule has 0 amide bonds. The highest BCUT2D eigenvalue weighted by Crippen LogP contribution is 2.27. The number of aryl methyl sites for hydroxylation is 1. The minimum absolute atomic E-state index is 0.370. The number of nitrogens with zero attached hydrogens (tertiary/aromatic N) is 2. The Morgan fingerprint density at radius 2 is 2.24 bits per heavy atom.